The molecule has 1 aromatic heterocycles. The van der Waals surface area contributed by atoms with Gasteiger partial charge in [-0.15, -0.1) is 0 Å². The van der Waals surface area contributed by atoms with Crippen LogP contribution in [-0.4, -0.2) is 44.5 Å². The summed E-state index contributed by atoms with van der Waals surface area (Å²) in [6.45, 7) is 15.7. The Hall–Kier alpha value is -0.870. The quantitative estimate of drug-likeness (QED) is 0.761. The van der Waals surface area contributed by atoms with Crippen molar-refractivity contribution >= 4 is 0 Å². The van der Waals surface area contributed by atoms with E-state index in [4.69, 9.17) is 0 Å². The Morgan fingerprint density at radius 2 is 1.86 bits per heavy atom. The van der Waals surface area contributed by atoms with E-state index in [1.165, 1.54) is 0 Å². The lowest BCUT2D eigenvalue weighted by Crippen LogP contribution is -2.55. The highest BCUT2D eigenvalue weighted by Gasteiger charge is 2.36. The fourth-order valence-corrected chi connectivity index (χ4v) is 3.16. The highest BCUT2D eigenvalue weighted by atomic mass is 16.3. The van der Waals surface area contributed by atoms with Crippen molar-refractivity contribution in [2.24, 2.45) is 0 Å². The van der Waals surface area contributed by atoms with Crippen molar-refractivity contribution in [3.05, 3.63) is 17.5 Å². The number of aliphatic hydroxyl groups is 1. The molecule has 2 unspecified atom stereocenters. The molecule has 0 saturated heterocycles. The summed E-state index contributed by atoms with van der Waals surface area (Å²) in [6, 6.07) is 2.14. The molecule has 0 aliphatic rings. The van der Waals surface area contributed by atoms with Crippen LogP contribution in [0.3, 0.4) is 0 Å². The zero-order valence-corrected chi connectivity index (χ0v) is 14.7. The minimum Gasteiger partial charge on any atom is -0.391 e. The van der Waals surface area contributed by atoms with Crippen molar-refractivity contribution in [2.45, 2.75) is 79.0 Å². The van der Waals surface area contributed by atoms with Crippen LogP contribution in [0, 0.1) is 0 Å². The van der Waals surface area contributed by atoms with Gasteiger partial charge >= 0.3 is 0 Å². The lowest BCUT2D eigenvalue weighted by Gasteiger charge is -2.43. The maximum Gasteiger partial charge on any atom is 0.0776 e. The van der Waals surface area contributed by atoms with Crippen molar-refractivity contribution in [3.8, 4) is 0 Å². The van der Waals surface area contributed by atoms with Gasteiger partial charge in [0.25, 0.3) is 0 Å². The Morgan fingerprint density at radius 1 is 1.24 bits per heavy atom. The molecule has 4 nitrogen and oxygen atoms in total. The molecule has 0 bridgehead atoms. The number of likely N-dealkylation sites (N-methyl/N-ethyl adjacent to an activating group) is 1. The van der Waals surface area contributed by atoms with Crippen LogP contribution in [0.4, 0.5) is 0 Å². The summed E-state index contributed by atoms with van der Waals surface area (Å²) in [4.78, 5) is 2.37. The van der Waals surface area contributed by atoms with E-state index >= 15 is 0 Å². The van der Waals surface area contributed by atoms with Gasteiger partial charge in [-0.25, -0.2) is 0 Å². The molecule has 0 aromatic carbocycles. The molecule has 21 heavy (non-hydrogen) atoms. The summed E-state index contributed by atoms with van der Waals surface area (Å²) >= 11 is 0. The molecule has 0 spiro atoms. The van der Waals surface area contributed by atoms with E-state index in [-0.39, 0.29) is 11.6 Å². The summed E-state index contributed by atoms with van der Waals surface area (Å²) in [5, 5.41) is 15.5. The topological polar surface area (TPSA) is 41.3 Å². The van der Waals surface area contributed by atoms with Gasteiger partial charge in [0, 0.05) is 24.2 Å². The highest BCUT2D eigenvalue weighted by molar-refractivity contribution is 5.13. The second-order valence-electron chi connectivity index (χ2n) is 5.90. The first-order valence-electron chi connectivity index (χ1n) is 8.45. The molecule has 122 valence electrons. The number of aryl methyl sites for hydroxylation is 2. The molecule has 0 aliphatic heterocycles. The van der Waals surface area contributed by atoms with E-state index in [0.717, 1.165) is 43.9 Å². The van der Waals surface area contributed by atoms with Gasteiger partial charge in [0.1, 0.15) is 0 Å². The average molecular weight is 295 g/mol. The lowest BCUT2D eigenvalue weighted by atomic mass is 9.86. The number of hydrogen-bond acceptors (Lipinski definition) is 3. The molecule has 0 saturated carbocycles. The predicted octanol–water partition coefficient (Wildman–Crippen LogP) is 2.88. The van der Waals surface area contributed by atoms with Gasteiger partial charge in [-0.05, 0) is 45.8 Å². The van der Waals surface area contributed by atoms with Crippen LogP contribution in [0.1, 0.15) is 59.4 Å². The number of hydrogen-bond donors (Lipinski definition) is 1. The average Bonchev–Trinajstić information content (AvgIpc) is 2.90. The molecule has 4 heteroatoms. The smallest absolute Gasteiger partial charge is 0.0776 e. The van der Waals surface area contributed by atoms with Crippen molar-refractivity contribution in [3.63, 3.8) is 0 Å². The Kier molecular flexibility index (Phi) is 6.88. The van der Waals surface area contributed by atoms with E-state index in [9.17, 15) is 5.11 Å². The summed E-state index contributed by atoms with van der Waals surface area (Å²) in [5.74, 6) is 0. The first-order valence-corrected chi connectivity index (χ1v) is 8.45. The normalized spacial score (nSPS) is 16.2. The van der Waals surface area contributed by atoms with Gasteiger partial charge in [0.2, 0.25) is 0 Å². The van der Waals surface area contributed by atoms with Gasteiger partial charge in [-0.2, -0.15) is 5.10 Å². The van der Waals surface area contributed by atoms with Crippen LogP contribution < -0.4 is 0 Å². The standard InChI is InChI=1S/C17H33N3O/c1-7-14-12-15(20(11-5)18-14)13-16(21)17(6,8-2)19(9-3)10-4/h12,16,21H,7-11,13H2,1-6H3. The van der Waals surface area contributed by atoms with E-state index in [2.05, 4.69) is 57.6 Å². The maximum atomic E-state index is 10.9. The summed E-state index contributed by atoms with van der Waals surface area (Å²) in [7, 11) is 0. The van der Waals surface area contributed by atoms with Gasteiger partial charge in [-0.1, -0.05) is 27.7 Å². The van der Waals surface area contributed by atoms with Crippen molar-refractivity contribution < 1.29 is 5.11 Å². The minimum atomic E-state index is -0.380. The predicted molar refractivity (Wildman–Crippen MR) is 88.6 cm³/mol. The van der Waals surface area contributed by atoms with E-state index in [1.807, 2.05) is 4.68 Å². The van der Waals surface area contributed by atoms with Crippen LogP contribution in [0.5, 0.6) is 0 Å². The third-order valence-corrected chi connectivity index (χ3v) is 4.90. The maximum absolute atomic E-state index is 10.9. The van der Waals surface area contributed by atoms with Crippen molar-refractivity contribution in [1.82, 2.24) is 14.7 Å². The van der Waals surface area contributed by atoms with Crippen molar-refractivity contribution in [1.29, 1.82) is 0 Å². The van der Waals surface area contributed by atoms with Crippen LogP contribution >= 0.6 is 0 Å². The first-order chi connectivity index (χ1) is 9.96. The fourth-order valence-electron chi connectivity index (χ4n) is 3.16. The monoisotopic (exact) mass is 295 g/mol. The second kappa shape index (κ2) is 7.95. The zero-order valence-electron chi connectivity index (χ0n) is 14.7. The van der Waals surface area contributed by atoms with Crippen LogP contribution in [0.2, 0.25) is 0 Å². The third kappa shape index (κ3) is 3.86. The van der Waals surface area contributed by atoms with Crippen LogP contribution in [0.25, 0.3) is 0 Å². The van der Waals surface area contributed by atoms with Gasteiger partial charge < -0.3 is 5.11 Å². The Bertz CT molecular complexity index is 426. The molecule has 1 rings (SSSR count). The molecule has 0 aliphatic carbocycles. The summed E-state index contributed by atoms with van der Waals surface area (Å²) < 4.78 is 2.03. The Balaban J connectivity index is 2.96. The number of rotatable bonds is 9. The molecule has 0 radical (unpaired) electrons. The molecular formula is C17H33N3O. The van der Waals surface area contributed by atoms with E-state index < -0.39 is 0 Å². The lowest BCUT2D eigenvalue weighted by molar-refractivity contribution is -0.0199. The van der Waals surface area contributed by atoms with E-state index in [0.29, 0.717) is 6.42 Å². The number of aliphatic hydroxyl groups excluding tert-OH is 1. The highest BCUT2D eigenvalue weighted by Crippen LogP contribution is 2.26. The van der Waals surface area contributed by atoms with E-state index in [1.54, 1.807) is 0 Å². The molecule has 1 N–H and O–H groups in total. The van der Waals surface area contributed by atoms with Crippen LogP contribution in [-0.2, 0) is 19.4 Å². The molecule has 0 fully saturated rings. The van der Waals surface area contributed by atoms with Crippen LogP contribution in [0.15, 0.2) is 6.07 Å². The Morgan fingerprint density at radius 3 is 2.29 bits per heavy atom. The number of aromatic nitrogens is 2. The molecule has 1 aromatic rings. The largest absolute Gasteiger partial charge is 0.391 e. The van der Waals surface area contributed by atoms with Crippen molar-refractivity contribution in [2.75, 3.05) is 13.1 Å². The third-order valence-electron chi connectivity index (χ3n) is 4.90. The SMILES string of the molecule is CCc1cc(CC(O)C(C)(CC)N(CC)CC)n(CC)n1. The molecule has 2 atom stereocenters. The van der Waals surface area contributed by atoms with Gasteiger partial charge in [-0.3, -0.25) is 9.58 Å². The summed E-state index contributed by atoms with van der Waals surface area (Å²) in [6.07, 6.45) is 2.17. The van der Waals surface area contributed by atoms with Gasteiger partial charge in [0.15, 0.2) is 0 Å². The zero-order chi connectivity index (χ0) is 16.0. The molecule has 1 heterocycles. The van der Waals surface area contributed by atoms with Gasteiger partial charge in [0.05, 0.1) is 11.8 Å². The number of nitrogens with zero attached hydrogens (tertiary/aromatic N) is 3. The minimum absolute atomic E-state index is 0.182. The Labute approximate surface area is 130 Å². The fraction of sp³-hybridized carbons (Fsp3) is 0.824. The molecule has 0 amide bonds. The first kappa shape index (κ1) is 18.2. The molecular weight excluding hydrogens is 262 g/mol. The second-order valence-corrected chi connectivity index (χ2v) is 5.90. The summed E-state index contributed by atoms with van der Waals surface area (Å²) in [5.41, 5.74) is 2.08.